The van der Waals surface area contributed by atoms with Crippen LogP contribution >= 0.6 is 11.6 Å². The Hall–Kier alpha value is -2.59. The van der Waals surface area contributed by atoms with Crippen LogP contribution in [0.3, 0.4) is 0 Å². The Morgan fingerprint density at radius 1 is 1.20 bits per heavy atom. The van der Waals surface area contributed by atoms with Crippen molar-refractivity contribution in [1.29, 1.82) is 0 Å². The fourth-order valence-corrected chi connectivity index (χ4v) is 2.82. The number of carboxylic acids is 1. The van der Waals surface area contributed by atoms with Gasteiger partial charge in [-0.1, -0.05) is 24.6 Å². The molecule has 0 unspecified atom stereocenters. The van der Waals surface area contributed by atoms with E-state index in [2.05, 4.69) is 4.98 Å². The Balaban J connectivity index is 2.13. The summed E-state index contributed by atoms with van der Waals surface area (Å²) in [7, 11) is 0. The molecule has 3 aromatic rings. The third kappa shape index (κ3) is 3.44. The van der Waals surface area contributed by atoms with E-state index in [1.807, 2.05) is 38.1 Å². The molecule has 1 N–H and O–H groups in total. The van der Waals surface area contributed by atoms with Crippen LogP contribution in [0.1, 0.15) is 29.3 Å². The van der Waals surface area contributed by atoms with E-state index in [1.54, 1.807) is 18.2 Å². The number of carboxylic acid groups (broad SMARTS) is 1. The van der Waals surface area contributed by atoms with Crippen molar-refractivity contribution in [2.24, 2.45) is 0 Å². The molecule has 0 fully saturated rings. The summed E-state index contributed by atoms with van der Waals surface area (Å²) in [6.45, 7) is 4.55. The SMILES string of the molecule is CCCOc1ccc(-c2cc(C(=O)O)c3ccc(Cl)c(C)c3n2)cc1. The maximum absolute atomic E-state index is 11.7. The van der Waals surface area contributed by atoms with Crippen LogP contribution in [0.4, 0.5) is 0 Å². The highest BCUT2D eigenvalue weighted by atomic mass is 35.5. The van der Waals surface area contributed by atoms with Gasteiger partial charge in [0.1, 0.15) is 5.75 Å². The van der Waals surface area contributed by atoms with Crippen molar-refractivity contribution in [3.8, 4) is 17.0 Å². The van der Waals surface area contributed by atoms with Crippen LogP contribution in [-0.4, -0.2) is 22.7 Å². The number of halogens is 1. The van der Waals surface area contributed by atoms with E-state index in [0.717, 1.165) is 23.3 Å². The fourth-order valence-electron chi connectivity index (χ4n) is 2.67. The molecule has 0 saturated carbocycles. The van der Waals surface area contributed by atoms with Crippen LogP contribution in [0, 0.1) is 6.92 Å². The molecule has 0 bridgehead atoms. The quantitative estimate of drug-likeness (QED) is 0.670. The van der Waals surface area contributed by atoms with Gasteiger partial charge in [0.15, 0.2) is 0 Å². The average Bonchev–Trinajstić information content (AvgIpc) is 2.62. The number of aromatic carboxylic acids is 1. The minimum absolute atomic E-state index is 0.214. The van der Waals surface area contributed by atoms with Crippen molar-refractivity contribution < 1.29 is 14.6 Å². The lowest BCUT2D eigenvalue weighted by Crippen LogP contribution is -2.01. The van der Waals surface area contributed by atoms with Gasteiger partial charge in [0.25, 0.3) is 0 Å². The van der Waals surface area contributed by atoms with E-state index in [-0.39, 0.29) is 5.56 Å². The predicted molar refractivity (Wildman–Crippen MR) is 99.7 cm³/mol. The van der Waals surface area contributed by atoms with Gasteiger partial charge >= 0.3 is 5.97 Å². The second-order valence-corrected chi connectivity index (χ2v) is 6.21. The Morgan fingerprint density at radius 3 is 2.56 bits per heavy atom. The highest BCUT2D eigenvalue weighted by Gasteiger charge is 2.15. The molecule has 0 atom stereocenters. The Kier molecular flexibility index (Phi) is 4.91. The molecular weight excluding hydrogens is 338 g/mol. The Bertz CT molecular complexity index is 936. The molecule has 0 saturated heterocycles. The summed E-state index contributed by atoms with van der Waals surface area (Å²) in [5.41, 5.74) is 3.01. The number of rotatable bonds is 5. The molecule has 4 nitrogen and oxygen atoms in total. The summed E-state index contributed by atoms with van der Waals surface area (Å²) in [6, 6.07) is 12.5. The minimum Gasteiger partial charge on any atom is -0.494 e. The topological polar surface area (TPSA) is 59.4 Å². The number of ether oxygens (including phenoxy) is 1. The highest BCUT2D eigenvalue weighted by molar-refractivity contribution is 6.32. The van der Waals surface area contributed by atoms with Crippen LogP contribution in [-0.2, 0) is 0 Å². The lowest BCUT2D eigenvalue weighted by molar-refractivity contribution is 0.0699. The van der Waals surface area contributed by atoms with Crippen LogP contribution in [0.5, 0.6) is 5.75 Å². The first-order valence-electron chi connectivity index (χ1n) is 8.07. The van der Waals surface area contributed by atoms with Gasteiger partial charge in [-0.25, -0.2) is 9.78 Å². The van der Waals surface area contributed by atoms with E-state index < -0.39 is 5.97 Å². The number of hydrogen-bond donors (Lipinski definition) is 1. The van der Waals surface area contributed by atoms with E-state index >= 15 is 0 Å². The van der Waals surface area contributed by atoms with Gasteiger partial charge in [0, 0.05) is 16.0 Å². The first-order valence-corrected chi connectivity index (χ1v) is 8.45. The first kappa shape index (κ1) is 17.2. The standard InChI is InChI=1S/C20H18ClNO3/c1-3-10-25-14-6-4-13(5-7-14)18-11-16(20(23)24)15-8-9-17(21)12(2)19(15)22-18/h4-9,11H,3,10H2,1-2H3,(H,23,24). The smallest absolute Gasteiger partial charge is 0.336 e. The lowest BCUT2D eigenvalue weighted by atomic mass is 10.0. The number of pyridine rings is 1. The average molecular weight is 356 g/mol. The summed E-state index contributed by atoms with van der Waals surface area (Å²) >= 11 is 6.18. The Morgan fingerprint density at radius 2 is 1.92 bits per heavy atom. The lowest BCUT2D eigenvalue weighted by Gasteiger charge is -2.11. The van der Waals surface area contributed by atoms with Crippen LogP contribution in [0.15, 0.2) is 42.5 Å². The third-order valence-electron chi connectivity index (χ3n) is 4.02. The summed E-state index contributed by atoms with van der Waals surface area (Å²) in [4.78, 5) is 16.3. The maximum Gasteiger partial charge on any atom is 0.336 e. The van der Waals surface area contributed by atoms with E-state index in [4.69, 9.17) is 16.3 Å². The van der Waals surface area contributed by atoms with Crippen LogP contribution in [0.2, 0.25) is 5.02 Å². The molecule has 0 radical (unpaired) electrons. The Labute approximate surface area is 151 Å². The molecule has 1 aromatic heterocycles. The zero-order valence-electron chi connectivity index (χ0n) is 14.0. The van der Waals surface area contributed by atoms with E-state index in [1.165, 1.54) is 0 Å². The van der Waals surface area contributed by atoms with Crippen molar-refractivity contribution in [2.45, 2.75) is 20.3 Å². The number of nitrogens with zero attached hydrogens (tertiary/aromatic N) is 1. The molecule has 25 heavy (non-hydrogen) atoms. The number of aromatic nitrogens is 1. The maximum atomic E-state index is 11.7. The number of benzene rings is 2. The summed E-state index contributed by atoms with van der Waals surface area (Å²) in [5, 5.41) is 10.7. The molecule has 0 aliphatic heterocycles. The molecule has 0 amide bonds. The zero-order chi connectivity index (χ0) is 18.0. The van der Waals surface area contributed by atoms with Crippen molar-refractivity contribution in [3.63, 3.8) is 0 Å². The van der Waals surface area contributed by atoms with Gasteiger partial charge < -0.3 is 9.84 Å². The van der Waals surface area contributed by atoms with Crippen molar-refractivity contribution in [1.82, 2.24) is 4.98 Å². The number of hydrogen-bond acceptors (Lipinski definition) is 3. The molecule has 5 heteroatoms. The second kappa shape index (κ2) is 7.11. The largest absolute Gasteiger partial charge is 0.494 e. The number of carbonyl (C=O) groups is 1. The fraction of sp³-hybridized carbons (Fsp3) is 0.200. The van der Waals surface area contributed by atoms with Crippen molar-refractivity contribution >= 4 is 28.5 Å². The second-order valence-electron chi connectivity index (χ2n) is 5.80. The summed E-state index contributed by atoms with van der Waals surface area (Å²) in [5.74, 6) is -0.206. The van der Waals surface area contributed by atoms with E-state index in [9.17, 15) is 9.90 Å². The van der Waals surface area contributed by atoms with Gasteiger partial charge in [0.05, 0.1) is 23.4 Å². The van der Waals surface area contributed by atoms with Gasteiger partial charge in [-0.15, -0.1) is 0 Å². The minimum atomic E-state index is -0.988. The molecule has 1 heterocycles. The van der Waals surface area contributed by atoms with Crippen LogP contribution < -0.4 is 4.74 Å². The number of aryl methyl sites for hydroxylation is 1. The molecule has 128 valence electrons. The monoisotopic (exact) mass is 355 g/mol. The molecule has 0 aliphatic rings. The van der Waals surface area contributed by atoms with Crippen LogP contribution in [0.25, 0.3) is 22.2 Å². The van der Waals surface area contributed by atoms with E-state index in [0.29, 0.717) is 28.2 Å². The highest BCUT2D eigenvalue weighted by Crippen LogP contribution is 2.30. The summed E-state index contributed by atoms with van der Waals surface area (Å²) in [6.07, 6.45) is 0.940. The van der Waals surface area contributed by atoms with Gasteiger partial charge in [-0.05, 0) is 55.3 Å². The first-order chi connectivity index (χ1) is 12.0. The van der Waals surface area contributed by atoms with Crippen molar-refractivity contribution in [2.75, 3.05) is 6.61 Å². The predicted octanol–water partition coefficient (Wildman–Crippen LogP) is 5.35. The zero-order valence-corrected chi connectivity index (χ0v) is 14.8. The third-order valence-corrected chi connectivity index (χ3v) is 4.43. The van der Waals surface area contributed by atoms with Gasteiger partial charge in [-0.2, -0.15) is 0 Å². The van der Waals surface area contributed by atoms with Crippen molar-refractivity contribution in [3.05, 3.63) is 58.6 Å². The molecule has 3 rings (SSSR count). The van der Waals surface area contributed by atoms with Gasteiger partial charge in [0.2, 0.25) is 0 Å². The molecule has 0 aliphatic carbocycles. The number of fused-ring (bicyclic) bond motifs is 1. The molecule has 2 aromatic carbocycles. The normalized spacial score (nSPS) is 10.8. The summed E-state index contributed by atoms with van der Waals surface area (Å²) < 4.78 is 5.58. The van der Waals surface area contributed by atoms with Gasteiger partial charge in [-0.3, -0.25) is 0 Å². The molecular formula is C20H18ClNO3. The molecule has 0 spiro atoms.